The molecule has 79 valence electrons. The number of carbonyl (C=O) groups is 1. The zero-order chi connectivity index (χ0) is 11.6. The topological polar surface area (TPSA) is 26.3 Å². The fraction of sp³-hybridized carbons (Fsp3) is 0.727. The van der Waals surface area contributed by atoms with Crippen LogP contribution in [-0.4, -0.2) is 30.6 Å². The van der Waals surface area contributed by atoms with Crippen LogP contribution in [0, 0.1) is 10.8 Å². The Bertz CT molecular complexity index is 241. The van der Waals surface area contributed by atoms with Crippen LogP contribution in [0.4, 0.5) is 0 Å². The molecule has 3 heteroatoms. The van der Waals surface area contributed by atoms with Crippen LogP contribution in [0.1, 0.15) is 41.5 Å². The van der Waals surface area contributed by atoms with Crippen LogP contribution in [0.5, 0.6) is 0 Å². The summed E-state index contributed by atoms with van der Waals surface area (Å²) in [6, 6.07) is 0. The number of hydrogen-bond donors (Lipinski definition) is 0. The van der Waals surface area contributed by atoms with Gasteiger partial charge in [-0.3, -0.25) is 0 Å². The van der Waals surface area contributed by atoms with Crippen LogP contribution < -0.4 is 0 Å². The standard InChI is InChI=1S/C11H20O2.In.H/c1-10(2,3)8(12)7-9(13)11(4,5)6;;/h7,12H,1-6H3;;/q;+1;/p-1. The van der Waals surface area contributed by atoms with Gasteiger partial charge in [0.2, 0.25) is 0 Å². The average Bonchev–Trinajstić information content (AvgIpc) is 1.95. The summed E-state index contributed by atoms with van der Waals surface area (Å²) in [4.78, 5) is 11.7. The quantitative estimate of drug-likeness (QED) is 0.578. The van der Waals surface area contributed by atoms with E-state index in [4.69, 9.17) is 2.85 Å². The van der Waals surface area contributed by atoms with E-state index in [1.807, 2.05) is 20.8 Å². The number of carbonyl (C=O) groups excluding carboxylic acids is 1. The van der Waals surface area contributed by atoms with Crippen molar-refractivity contribution in [2.45, 2.75) is 41.5 Å². The van der Waals surface area contributed by atoms with Crippen molar-refractivity contribution in [1.29, 1.82) is 0 Å². The van der Waals surface area contributed by atoms with Gasteiger partial charge < -0.3 is 0 Å². The zero-order valence-corrected chi connectivity index (χ0v) is 14.1. The molecule has 0 heterocycles. The van der Waals surface area contributed by atoms with E-state index in [1.165, 1.54) is 0 Å². The summed E-state index contributed by atoms with van der Waals surface area (Å²) in [7, 11) is 0. The SMILES string of the molecule is CC(C)(C)C(=O)C=C([O][InH])C(C)(C)C. The van der Waals surface area contributed by atoms with E-state index in [1.54, 1.807) is 6.08 Å². The minimum absolute atomic E-state index is 0.0729. The molecule has 0 aromatic carbocycles. The van der Waals surface area contributed by atoms with Gasteiger partial charge in [0.05, 0.1) is 0 Å². The maximum atomic E-state index is 11.7. The monoisotopic (exact) mass is 299 g/mol. The molecule has 0 aliphatic carbocycles. The average molecular weight is 299 g/mol. The van der Waals surface area contributed by atoms with Crippen LogP contribution >= 0.6 is 0 Å². The van der Waals surface area contributed by atoms with Gasteiger partial charge in [-0.05, 0) is 0 Å². The molecular formula is C11H20InO2. The Balaban J connectivity index is 4.89. The van der Waals surface area contributed by atoms with Gasteiger partial charge in [0, 0.05) is 0 Å². The molecule has 0 aromatic heterocycles. The first-order valence-corrected chi connectivity index (χ1v) is 6.42. The fourth-order valence-corrected chi connectivity index (χ4v) is 2.28. The Morgan fingerprint density at radius 1 is 1.07 bits per heavy atom. The van der Waals surface area contributed by atoms with Crippen molar-refractivity contribution < 1.29 is 7.65 Å². The van der Waals surface area contributed by atoms with Gasteiger partial charge in [-0.2, -0.15) is 0 Å². The Morgan fingerprint density at radius 2 is 1.50 bits per heavy atom. The molecule has 0 aromatic rings. The molecule has 0 amide bonds. The summed E-state index contributed by atoms with van der Waals surface area (Å²) >= 11 is 0.405. The molecule has 14 heavy (non-hydrogen) atoms. The third-order valence-electron chi connectivity index (χ3n) is 1.90. The van der Waals surface area contributed by atoms with E-state index in [9.17, 15) is 4.79 Å². The van der Waals surface area contributed by atoms with Gasteiger partial charge in [-0.1, -0.05) is 0 Å². The molecule has 0 aliphatic heterocycles. The molecule has 2 nitrogen and oxygen atoms in total. The summed E-state index contributed by atoms with van der Waals surface area (Å²) < 4.78 is 5.39. The van der Waals surface area contributed by atoms with Gasteiger partial charge in [0.25, 0.3) is 0 Å². The second kappa shape index (κ2) is 4.73. The Morgan fingerprint density at radius 3 is 1.71 bits per heavy atom. The van der Waals surface area contributed by atoms with Crippen molar-refractivity contribution >= 4 is 30.6 Å². The van der Waals surface area contributed by atoms with Crippen LogP contribution in [0.2, 0.25) is 0 Å². The molecule has 0 unspecified atom stereocenters. The predicted octanol–water partition coefficient (Wildman–Crippen LogP) is 2.36. The molecule has 0 N–H and O–H groups in total. The number of allylic oxidation sites excluding steroid dienone is 2. The van der Waals surface area contributed by atoms with Gasteiger partial charge >= 0.3 is 102 Å². The van der Waals surface area contributed by atoms with E-state index < -0.39 is 0 Å². The number of hydrogen-bond acceptors (Lipinski definition) is 2. The first-order valence-electron chi connectivity index (χ1n) is 4.77. The van der Waals surface area contributed by atoms with Crippen LogP contribution in [-0.2, 0) is 7.65 Å². The molecule has 0 aliphatic rings. The van der Waals surface area contributed by atoms with Crippen molar-refractivity contribution in [3.05, 3.63) is 11.8 Å². The Kier molecular flexibility index (Phi) is 4.76. The van der Waals surface area contributed by atoms with Crippen LogP contribution in [0.25, 0.3) is 0 Å². The van der Waals surface area contributed by atoms with Crippen LogP contribution in [0.15, 0.2) is 11.8 Å². The van der Waals surface area contributed by atoms with E-state index in [0.29, 0.717) is 24.8 Å². The van der Waals surface area contributed by atoms with E-state index in [0.717, 1.165) is 5.76 Å². The summed E-state index contributed by atoms with van der Waals surface area (Å²) in [5.74, 6) is 0.938. The van der Waals surface area contributed by atoms with Gasteiger partial charge in [0.1, 0.15) is 0 Å². The summed E-state index contributed by atoms with van der Waals surface area (Å²) in [6.07, 6.45) is 1.65. The third-order valence-corrected chi connectivity index (χ3v) is 2.78. The second-order valence-corrected chi connectivity index (χ2v) is 6.34. The van der Waals surface area contributed by atoms with Crippen LogP contribution in [0.3, 0.4) is 0 Å². The molecule has 1 radical (unpaired) electrons. The zero-order valence-electron chi connectivity index (χ0n) is 10.1. The predicted molar refractivity (Wildman–Crippen MR) is 60.2 cm³/mol. The van der Waals surface area contributed by atoms with Crippen molar-refractivity contribution in [2.75, 3.05) is 0 Å². The molecule has 0 atom stereocenters. The summed E-state index contributed by atoms with van der Waals surface area (Å²) in [5.41, 5.74) is -0.392. The summed E-state index contributed by atoms with van der Waals surface area (Å²) in [6.45, 7) is 11.9. The molecule has 0 rings (SSSR count). The summed E-state index contributed by atoms with van der Waals surface area (Å²) in [5, 5.41) is 0. The number of rotatable bonds is 2. The molecule has 0 saturated carbocycles. The Labute approximate surface area is 102 Å². The van der Waals surface area contributed by atoms with E-state index in [-0.39, 0.29) is 16.6 Å². The first kappa shape index (κ1) is 14.1. The molecule has 0 bridgehead atoms. The maximum absolute atomic E-state index is 11.7. The van der Waals surface area contributed by atoms with Gasteiger partial charge in [0.15, 0.2) is 0 Å². The Hall–Kier alpha value is 0.0801. The van der Waals surface area contributed by atoms with Crippen molar-refractivity contribution in [1.82, 2.24) is 0 Å². The second-order valence-electron chi connectivity index (χ2n) is 5.52. The minimum atomic E-state index is -0.319. The van der Waals surface area contributed by atoms with Gasteiger partial charge in [-0.15, -0.1) is 0 Å². The van der Waals surface area contributed by atoms with E-state index in [2.05, 4.69) is 20.8 Å². The van der Waals surface area contributed by atoms with Crippen molar-refractivity contribution in [3.8, 4) is 0 Å². The van der Waals surface area contributed by atoms with Crippen molar-refractivity contribution in [3.63, 3.8) is 0 Å². The van der Waals surface area contributed by atoms with Gasteiger partial charge in [-0.25, -0.2) is 0 Å². The third kappa shape index (κ3) is 4.54. The molecule has 0 spiro atoms. The molecule has 0 saturated heterocycles. The first-order chi connectivity index (χ1) is 6.09. The normalized spacial score (nSPS) is 14.0. The fourth-order valence-electron chi connectivity index (χ4n) is 0.810. The van der Waals surface area contributed by atoms with E-state index >= 15 is 0 Å². The molecule has 0 fully saturated rings. The van der Waals surface area contributed by atoms with Crippen molar-refractivity contribution in [2.24, 2.45) is 10.8 Å². The number of ketones is 1. The molecular weight excluding hydrogens is 279 g/mol.